The Morgan fingerprint density at radius 1 is 1.09 bits per heavy atom. The zero-order valence-electron chi connectivity index (χ0n) is 19.9. The molecule has 0 atom stereocenters. The van der Waals surface area contributed by atoms with Gasteiger partial charge >= 0.3 is 0 Å². The first-order chi connectivity index (χ1) is 15.3. The smallest absolute Gasteiger partial charge is 0.191 e. The van der Waals surface area contributed by atoms with Crippen molar-refractivity contribution in [2.75, 3.05) is 32.8 Å². The lowest BCUT2D eigenvalue weighted by molar-refractivity contribution is 0.0264. The first-order valence-electron chi connectivity index (χ1n) is 12.6. The van der Waals surface area contributed by atoms with E-state index in [2.05, 4.69) is 39.6 Å². The lowest BCUT2D eigenvalue weighted by Crippen LogP contribution is -2.48. The molecule has 0 radical (unpaired) electrons. The number of aliphatic imine (C=N–C) groups is 1. The number of piperidine rings is 1. The maximum absolute atomic E-state index is 6.03. The van der Waals surface area contributed by atoms with Crippen LogP contribution in [-0.2, 0) is 11.3 Å². The number of hydrogen-bond acceptors (Lipinski definition) is 4. The van der Waals surface area contributed by atoms with Gasteiger partial charge in [0.25, 0.3) is 0 Å². The Kier molecular flexibility index (Phi) is 14.2. The summed E-state index contributed by atoms with van der Waals surface area (Å²) < 4.78 is 6.03. The summed E-state index contributed by atoms with van der Waals surface area (Å²) in [5.74, 6) is 0.976. The van der Waals surface area contributed by atoms with E-state index in [1.165, 1.54) is 38.5 Å². The predicted molar refractivity (Wildman–Crippen MR) is 144 cm³/mol. The second-order valence-electron chi connectivity index (χ2n) is 8.97. The number of ether oxygens (including phenoxy) is 1. The zero-order chi connectivity index (χ0) is 21.6. The van der Waals surface area contributed by atoms with Crippen LogP contribution in [0.3, 0.4) is 0 Å². The first kappa shape index (κ1) is 27.3. The number of guanidine groups is 1. The van der Waals surface area contributed by atoms with Crippen molar-refractivity contribution >= 4 is 29.9 Å². The van der Waals surface area contributed by atoms with E-state index in [-0.39, 0.29) is 24.0 Å². The molecule has 0 aromatic carbocycles. The third-order valence-electron chi connectivity index (χ3n) is 6.36. The van der Waals surface area contributed by atoms with Crippen molar-refractivity contribution in [3.63, 3.8) is 0 Å². The van der Waals surface area contributed by atoms with Crippen LogP contribution >= 0.6 is 24.0 Å². The summed E-state index contributed by atoms with van der Waals surface area (Å²) in [7, 11) is 0. The third-order valence-corrected chi connectivity index (χ3v) is 6.36. The van der Waals surface area contributed by atoms with Gasteiger partial charge in [-0.2, -0.15) is 0 Å². The fourth-order valence-electron chi connectivity index (χ4n) is 4.53. The van der Waals surface area contributed by atoms with Crippen molar-refractivity contribution in [1.29, 1.82) is 0 Å². The van der Waals surface area contributed by atoms with Crippen molar-refractivity contribution in [2.24, 2.45) is 4.99 Å². The molecule has 0 bridgehead atoms. The Morgan fingerprint density at radius 2 is 1.91 bits per heavy atom. The molecule has 32 heavy (non-hydrogen) atoms. The van der Waals surface area contributed by atoms with E-state index in [1.807, 2.05) is 12.3 Å². The quantitative estimate of drug-likeness (QED) is 0.178. The number of nitrogens with zero attached hydrogens (tertiary/aromatic N) is 3. The molecule has 2 aliphatic rings. The van der Waals surface area contributed by atoms with Gasteiger partial charge in [-0.15, -0.1) is 24.0 Å². The number of halogens is 1. The van der Waals surface area contributed by atoms with E-state index < -0.39 is 0 Å². The number of pyridine rings is 1. The summed E-state index contributed by atoms with van der Waals surface area (Å²) in [5, 5.41) is 7.07. The van der Waals surface area contributed by atoms with Crippen LogP contribution < -0.4 is 10.6 Å². The molecule has 1 aromatic rings. The van der Waals surface area contributed by atoms with Gasteiger partial charge in [0.15, 0.2) is 5.96 Å². The number of unbranched alkanes of at least 4 members (excludes halogenated alkanes) is 2. The highest BCUT2D eigenvalue weighted by Crippen LogP contribution is 2.20. The molecule has 0 spiro atoms. The highest BCUT2D eigenvalue weighted by Gasteiger charge is 2.20. The van der Waals surface area contributed by atoms with Gasteiger partial charge in [0.1, 0.15) is 0 Å². The molecule has 0 amide bonds. The van der Waals surface area contributed by atoms with Crippen molar-refractivity contribution < 1.29 is 4.74 Å². The lowest BCUT2D eigenvalue weighted by atomic mass is 9.98. The summed E-state index contributed by atoms with van der Waals surface area (Å²) in [6.07, 6.45) is 14.8. The van der Waals surface area contributed by atoms with E-state index >= 15 is 0 Å². The van der Waals surface area contributed by atoms with Crippen LogP contribution in [-0.4, -0.2) is 60.8 Å². The fraction of sp³-hybridized carbons (Fsp3) is 0.760. The van der Waals surface area contributed by atoms with Gasteiger partial charge in [0.05, 0.1) is 11.8 Å². The van der Waals surface area contributed by atoms with Crippen LogP contribution in [0.5, 0.6) is 0 Å². The monoisotopic (exact) mass is 557 g/mol. The zero-order valence-corrected chi connectivity index (χ0v) is 22.3. The molecular formula is C25H44IN5O. The van der Waals surface area contributed by atoms with E-state index in [9.17, 15) is 0 Å². The second-order valence-corrected chi connectivity index (χ2v) is 8.97. The fourth-order valence-corrected chi connectivity index (χ4v) is 4.53. The Balaban J connectivity index is 0.00000363. The Bertz CT molecular complexity index is 616. The van der Waals surface area contributed by atoms with Crippen LogP contribution in [0.25, 0.3) is 0 Å². The van der Waals surface area contributed by atoms with Crippen molar-refractivity contribution in [1.82, 2.24) is 20.5 Å². The van der Waals surface area contributed by atoms with Crippen molar-refractivity contribution in [2.45, 2.75) is 89.8 Å². The van der Waals surface area contributed by atoms with Crippen LogP contribution in [0.1, 0.15) is 76.8 Å². The van der Waals surface area contributed by atoms with Crippen LogP contribution in [0.4, 0.5) is 0 Å². The van der Waals surface area contributed by atoms with Gasteiger partial charge in [-0.1, -0.05) is 25.3 Å². The molecule has 1 saturated carbocycles. The summed E-state index contributed by atoms with van der Waals surface area (Å²) in [5.41, 5.74) is 1.16. The van der Waals surface area contributed by atoms with Gasteiger partial charge in [0.2, 0.25) is 0 Å². The number of likely N-dealkylation sites (tertiary alicyclic amines) is 1. The van der Waals surface area contributed by atoms with Gasteiger partial charge in [0, 0.05) is 51.6 Å². The highest BCUT2D eigenvalue weighted by atomic mass is 127. The minimum absolute atomic E-state index is 0. The van der Waals surface area contributed by atoms with Crippen LogP contribution in [0, 0.1) is 0 Å². The molecule has 6 nitrogen and oxygen atoms in total. The Morgan fingerprint density at radius 3 is 2.62 bits per heavy atom. The molecule has 2 heterocycles. The molecule has 2 fully saturated rings. The highest BCUT2D eigenvalue weighted by molar-refractivity contribution is 14.0. The molecule has 1 aromatic heterocycles. The SMILES string of the molecule is CCNC(=NCCCCCOC1CCCCC1)NC1CCN(Cc2ccccn2)CC1.I. The molecule has 2 N–H and O–H groups in total. The minimum atomic E-state index is 0. The maximum atomic E-state index is 6.03. The van der Waals surface area contributed by atoms with Gasteiger partial charge in [-0.3, -0.25) is 14.9 Å². The molecule has 1 saturated heterocycles. The first-order valence-corrected chi connectivity index (χ1v) is 12.6. The predicted octanol–water partition coefficient (Wildman–Crippen LogP) is 4.74. The maximum Gasteiger partial charge on any atom is 0.191 e. The van der Waals surface area contributed by atoms with Crippen molar-refractivity contribution in [3.05, 3.63) is 30.1 Å². The molecule has 3 rings (SSSR count). The number of nitrogens with one attached hydrogen (secondary N) is 2. The lowest BCUT2D eigenvalue weighted by Gasteiger charge is -2.32. The van der Waals surface area contributed by atoms with Crippen molar-refractivity contribution in [3.8, 4) is 0 Å². The average molecular weight is 558 g/mol. The van der Waals surface area contributed by atoms with Gasteiger partial charge in [-0.25, -0.2) is 0 Å². The minimum Gasteiger partial charge on any atom is -0.378 e. The normalized spacial score (nSPS) is 18.8. The molecule has 7 heteroatoms. The number of rotatable bonds is 11. The second kappa shape index (κ2) is 16.6. The standard InChI is InChI=1S/C25H43N5O.HI/c1-2-26-25(28-17-8-4-10-20-31-24-12-5-3-6-13-24)29-22-14-18-30(19-15-22)21-23-11-7-9-16-27-23;/h7,9,11,16,22,24H,2-6,8,10,12-15,17-21H2,1H3,(H2,26,28,29);1H. The van der Waals surface area contributed by atoms with Gasteiger partial charge in [-0.05, 0) is 64.0 Å². The summed E-state index contributed by atoms with van der Waals surface area (Å²) >= 11 is 0. The van der Waals surface area contributed by atoms with Gasteiger partial charge < -0.3 is 15.4 Å². The number of hydrogen-bond donors (Lipinski definition) is 2. The van der Waals surface area contributed by atoms with E-state index in [4.69, 9.17) is 9.73 Å². The van der Waals surface area contributed by atoms with Crippen LogP contribution in [0.15, 0.2) is 29.4 Å². The Hall–Kier alpha value is -0.930. The Labute approximate surface area is 212 Å². The molecule has 0 unspecified atom stereocenters. The van der Waals surface area contributed by atoms with Crippen LogP contribution in [0.2, 0.25) is 0 Å². The number of aromatic nitrogens is 1. The summed E-state index contributed by atoms with van der Waals surface area (Å²) in [6, 6.07) is 6.66. The molecule has 1 aliphatic heterocycles. The topological polar surface area (TPSA) is 61.8 Å². The third kappa shape index (κ3) is 10.8. The molecular weight excluding hydrogens is 513 g/mol. The van der Waals surface area contributed by atoms with E-state index in [0.717, 1.165) is 76.7 Å². The molecule has 1 aliphatic carbocycles. The molecule has 182 valence electrons. The average Bonchev–Trinajstić information content (AvgIpc) is 2.81. The summed E-state index contributed by atoms with van der Waals surface area (Å²) in [6.45, 7) is 8.01. The van der Waals surface area contributed by atoms with E-state index in [0.29, 0.717) is 12.1 Å². The largest absolute Gasteiger partial charge is 0.378 e. The van der Waals surface area contributed by atoms with E-state index in [1.54, 1.807) is 0 Å². The summed E-state index contributed by atoms with van der Waals surface area (Å²) in [4.78, 5) is 11.8.